The zero-order chi connectivity index (χ0) is 21.1. The minimum atomic E-state index is -0.632. The summed E-state index contributed by atoms with van der Waals surface area (Å²) in [7, 11) is 0. The molecule has 2 heterocycles. The summed E-state index contributed by atoms with van der Waals surface area (Å²) in [5.41, 5.74) is 3.16. The van der Waals surface area contributed by atoms with Gasteiger partial charge in [-0.2, -0.15) is 0 Å². The Morgan fingerprint density at radius 2 is 1.73 bits per heavy atom. The lowest BCUT2D eigenvalue weighted by Crippen LogP contribution is -2.52. The molecule has 1 unspecified atom stereocenters. The molecule has 8 heteroatoms. The predicted octanol–water partition coefficient (Wildman–Crippen LogP) is 1.45. The highest BCUT2D eigenvalue weighted by molar-refractivity contribution is 6.05. The van der Waals surface area contributed by atoms with Crippen molar-refractivity contribution < 1.29 is 19.2 Å². The van der Waals surface area contributed by atoms with Crippen LogP contribution in [0, 0.1) is 0 Å². The van der Waals surface area contributed by atoms with Crippen molar-refractivity contribution in [1.29, 1.82) is 0 Å². The average molecular weight is 406 g/mol. The third kappa shape index (κ3) is 4.17. The number of amides is 5. The Kier molecular flexibility index (Phi) is 5.47. The van der Waals surface area contributed by atoms with Crippen molar-refractivity contribution in [1.82, 2.24) is 20.9 Å². The molecule has 0 bridgehead atoms. The van der Waals surface area contributed by atoms with Gasteiger partial charge in [0, 0.05) is 31.6 Å². The van der Waals surface area contributed by atoms with Crippen LogP contribution in [0.15, 0.2) is 48.5 Å². The first-order valence-electron chi connectivity index (χ1n) is 9.83. The van der Waals surface area contributed by atoms with Crippen LogP contribution in [-0.4, -0.2) is 34.7 Å². The van der Waals surface area contributed by atoms with Crippen LogP contribution >= 0.6 is 0 Å². The molecule has 2 aromatic rings. The molecule has 8 nitrogen and oxygen atoms in total. The maximum Gasteiger partial charge on any atom is 0.315 e. The van der Waals surface area contributed by atoms with E-state index in [-0.39, 0.29) is 30.8 Å². The second kappa shape index (κ2) is 8.36. The summed E-state index contributed by atoms with van der Waals surface area (Å²) < 4.78 is 0. The van der Waals surface area contributed by atoms with Crippen molar-refractivity contribution >= 4 is 23.8 Å². The van der Waals surface area contributed by atoms with Crippen molar-refractivity contribution in [2.75, 3.05) is 0 Å². The maximum atomic E-state index is 12.8. The van der Waals surface area contributed by atoms with E-state index in [1.165, 1.54) is 4.90 Å². The molecule has 2 aliphatic rings. The van der Waals surface area contributed by atoms with Crippen molar-refractivity contribution in [2.24, 2.45) is 0 Å². The first kappa shape index (κ1) is 19.6. The summed E-state index contributed by atoms with van der Waals surface area (Å²) in [5.74, 6) is -0.960. The number of hydrogen-bond acceptors (Lipinski definition) is 4. The first-order chi connectivity index (χ1) is 14.5. The monoisotopic (exact) mass is 406 g/mol. The highest BCUT2D eigenvalue weighted by atomic mass is 16.2. The molecule has 0 saturated carbocycles. The quantitative estimate of drug-likeness (QED) is 0.653. The fourth-order valence-electron chi connectivity index (χ4n) is 3.73. The summed E-state index contributed by atoms with van der Waals surface area (Å²) >= 11 is 0. The molecule has 0 aliphatic carbocycles. The van der Waals surface area contributed by atoms with E-state index in [2.05, 4.69) is 16.0 Å². The molecule has 5 amide bonds. The largest absolute Gasteiger partial charge is 0.334 e. The molecular weight excluding hydrogens is 384 g/mol. The molecule has 154 valence electrons. The Bertz CT molecular complexity index is 1010. The van der Waals surface area contributed by atoms with E-state index in [9.17, 15) is 19.2 Å². The van der Waals surface area contributed by atoms with E-state index in [1.54, 1.807) is 6.07 Å². The number of piperidine rings is 1. The molecule has 4 rings (SSSR count). The van der Waals surface area contributed by atoms with Crippen molar-refractivity contribution in [3.05, 3.63) is 70.8 Å². The number of benzene rings is 2. The normalized spacial score (nSPS) is 18.1. The Morgan fingerprint density at radius 1 is 1.00 bits per heavy atom. The van der Waals surface area contributed by atoms with E-state index in [0.29, 0.717) is 25.1 Å². The predicted molar refractivity (Wildman–Crippen MR) is 108 cm³/mol. The van der Waals surface area contributed by atoms with E-state index >= 15 is 0 Å². The standard InChI is InChI=1S/C22H22N4O4/c27-19-9-8-18(20(28)25-19)26-13-16-7-6-15(10-17(16)21(26)29)12-24-22(30)23-11-14-4-2-1-3-5-14/h1-7,10,18H,8-9,11-13H2,(H2,23,24,30)(H,25,27,28). The average Bonchev–Trinajstić information content (AvgIpc) is 3.07. The molecule has 0 spiro atoms. The van der Waals surface area contributed by atoms with E-state index in [4.69, 9.17) is 0 Å². The number of carbonyl (C=O) groups is 4. The Balaban J connectivity index is 1.34. The number of rotatable bonds is 5. The Labute approximate surface area is 173 Å². The van der Waals surface area contributed by atoms with Gasteiger partial charge in [0.05, 0.1) is 0 Å². The number of nitrogens with one attached hydrogen (secondary N) is 3. The third-order valence-electron chi connectivity index (χ3n) is 5.34. The lowest BCUT2D eigenvalue weighted by atomic mass is 10.0. The highest BCUT2D eigenvalue weighted by Crippen LogP contribution is 2.28. The van der Waals surface area contributed by atoms with Gasteiger partial charge in [0.15, 0.2) is 0 Å². The van der Waals surface area contributed by atoms with Crippen molar-refractivity contribution in [2.45, 2.75) is 38.5 Å². The Morgan fingerprint density at radius 3 is 2.47 bits per heavy atom. The highest BCUT2D eigenvalue weighted by Gasteiger charge is 2.39. The fourth-order valence-corrected chi connectivity index (χ4v) is 3.73. The van der Waals surface area contributed by atoms with E-state index in [0.717, 1.165) is 16.7 Å². The first-order valence-corrected chi connectivity index (χ1v) is 9.83. The number of urea groups is 1. The van der Waals surface area contributed by atoms with Crippen LogP contribution in [-0.2, 0) is 29.2 Å². The van der Waals surface area contributed by atoms with Crippen molar-refractivity contribution in [3.8, 4) is 0 Å². The van der Waals surface area contributed by atoms with Gasteiger partial charge in [-0.1, -0.05) is 42.5 Å². The van der Waals surface area contributed by atoms with Crippen LogP contribution in [0.25, 0.3) is 0 Å². The molecule has 1 fully saturated rings. The molecule has 2 aromatic carbocycles. The second-order valence-corrected chi connectivity index (χ2v) is 7.41. The molecule has 3 N–H and O–H groups in total. The summed E-state index contributed by atoms with van der Waals surface area (Å²) in [5, 5.41) is 7.87. The van der Waals surface area contributed by atoms with Gasteiger partial charge in [-0.05, 0) is 29.2 Å². The summed E-state index contributed by atoms with van der Waals surface area (Å²) in [6, 6.07) is 14.1. The molecule has 1 saturated heterocycles. The van der Waals surface area contributed by atoms with E-state index in [1.807, 2.05) is 42.5 Å². The van der Waals surface area contributed by atoms with Gasteiger partial charge < -0.3 is 15.5 Å². The smallest absolute Gasteiger partial charge is 0.315 e. The lowest BCUT2D eigenvalue weighted by molar-refractivity contribution is -0.136. The third-order valence-corrected chi connectivity index (χ3v) is 5.34. The van der Waals surface area contributed by atoms with Gasteiger partial charge in [0.1, 0.15) is 6.04 Å². The molecule has 1 atom stereocenters. The summed E-state index contributed by atoms with van der Waals surface area (Å²) in [6.45, 7) is 1.04. The zero-order valence-electron chi connectivity index (χ0n) is 16.3. The van der Waals surface area contributed by atoms with Gasteiger partial charge in [-0.25, -0.2) is 4.79 Å². The van der Waals surface area contributed by atoms with Crippen LogP contribution < -0.4 is 16.0 Å². The fraction of sp³-hybridized carbons (Fsp3) is 0.273. The molecule has 2 aliphatic heterocycles. The van der Waals surface area contributed by atoms with Gasteiger partial charge in [-0.15, -0.1) is 0 Å². The lowest BCUT2D eigenvalue weighted by Gasteiger charge is -2.29. The number of fused-ring (bicyclic) bond motifs is 1. The molecule has 0 radical (unpaired) electrons. The van der Waals surface area contributed by atoms with Crippen LogP contribution in [0.1, 0.15) is 39.9 Å². The summed E-state index contributed by atoms with van der Waals surface area (Å²) in [6.07, 6.45) is 0.560. The topological polar surface area (TPSA) is 108 Å². The number of imide groups is 1. The second-order valence-electron chi connectivity index (χ2n) is 7.41. The number of hydrogen-bond donors (Lipinski definition) is 3. The Hall–Kier alpha value is -3.68. The number of nitrogens with zero attached hydrogens (tertiary/aromatic N) is 1. The van der Waals surface area contributed by atoms with Gasteiger partial charge >= 0.3 is 6.03 Å². The van der Waals surface area contributed by atoms with Crippen LogP contribution in [0.4, 0.5) is 4.79 Å². The van der Waals surface area contributed by atoms with Crippen molar-refractivity contribution in [3.63, 3.8) is 0 Å². The van der Waals surface area contributed by atoms with E-state index < -0.39 is 11.9 Å². The van der Waals surface area contributed by atoms with Crippen LogP contribution in [0.2, 0.25) is 0 Å². The maximum absolute atomic E-state index is 12.8. The van der Waals surface area contributed by atoms with Gasteiger partial charge in [0.2, 0.25) is 11.8 Å². The SMILES string of the molecule is O=C1CCC(N2Cc3ccc(CNC(=O)NCc4ccccc4)cc3C2=O)C(=O)N1. The number of carbonyl (C=O) groups excluding carboxylic acids is 4. The van der Waals surface area contributed by atoms with Gasteiger partial charge in [0.25, 0.3) is 5.91 Å². The van der Waals surface area contributed by atoms with Crippen LogP contribution in [0.5, 0.6) is 0 Å². The van der Waals surface area contributed by atoms with Gasteiger partial charge in [-0.3, -0.25) is 19.7 Å². The molecular formula is C22H22N4O4. The minimum absolute atomic E-state index is 0.226. The van der Waals surface area contributed by atoms with Crippen LogP contribution in [0.3, 0.4) is 0 Å². The summed E-state index contributed by atoms with van der Waals surface area (Å²) in [4.78, 5) is 49.9. The molecule has 30 heavy (non-hydrogen) atoms. The minimum Gasteiger partial charge on any atom is -0.334 e. The zero-order valence-corrected chi connectivity index (χ0v) is 16.3. The molecule has 0 aromatic heterocycles.